The largest absolute Gasteiger partial charge is 0.455 e. The fourth-order valence-corrected chi connectivity index (χ4v) is 1.72. The fourth-order valence-electron chi connectivity index (χ4n) is 1.72. The summed E-state index contributed by atoms with van der Waals surface area (Å²) in [6, 6.07) is 7.54. The Morgan fingerprint density at radius 1 is 1.35 bits per heavy atom. The van der Waals surface area contributed by atoms with E-state index >= 15 is 0 Å². The number of carbonyl (C=O) groups excluding carboxylic acids is 1. The third-order valence-electron chi connectivity index (χ3n) is 2.73. The SMILES string of the molecule is CC(=O)c1cc(Oc2cccnc2C)ccc1[N+](=O)[O-]. The lowest BCUT2D eigenvalue weighted by Crippen LogP contribution is -2.00. The molecule has 0 saturated heterocycles. The van der Waals surface area contributed by atoms with Crippen molar-refractivity contribution < 1.29 is 14.5 Å². The number of ketones is 1. The van der Waals surface area contributed by atoms with Crippen LogP contribution in [0.25, 0.3) is 0 Å². The summed E-state index contributed by atoms with van der Waals surface area (Å²) in [5.74, 6) is 0.512. The molecule has 0 aliphatic carbocycles. The number of hydrogen-bond donors (Lipinski definition) is 0. The molecule has 20 heavy (non-hydrogen) atoms. The number of nitro benzene ring substituents is 1. The third-order valence-corrected chi connectivity index (χ3v) is 2.73. The van der Waals surface area contributed by atoms with Gasteiger partial charge in [0.05, 0.1) is 16.2 Å². The summed E-state index contributed by atoms with van der Waals surface area (Å²) in [4.78, 5) is 25.8. The van der Waals surface area contributed by atoms with E-state index in [2.05, 4.69) is 4.98 Å². The van der Waals surface area contributed by atoms with Gasteiger partial charge in [0.15, 0.2) is 5.78 Å². The predicted octanol–water partition coefficient (Wildman–Crippen LogP) is 3.29. The topological polar surface area (TPSA) is 82.3 Å². The van der Waals surface area contributed by atoms with Gasteiger partial charge in [0, 0.05) is 12.3 Å². The lowest BCUT2D eigenvalue weighted by atomic mass is 10.1. The molecule has 0 atom stereocenters. The van der Waals surface area contributed by atoms with E-state index in [0.717, 1.165) is 0 Å². The molecule has 1 aromatic heterocycles. The number of carbonyl (C=O) groups is 1. The van der Waals surface area contributed by atoms with Crippen molar-refractivity contribution in [2.24, 2.45) is 0 Å². The van der Waals surface area contributed by atoms with Crippen molar-refractivity contribution in [1.29, 1.82) is 0 Å². The fraction of sp³-hybridized carbons (Fsp3) is 0.143. The molecule has 6 heteroatoms. The summed E-state index contributed by atoms with van der Waals surface area (Å²) in [5, 5.41) is 10.9. The van der Waals surface area contributed by atoms with Crippen LogP contribution in [0.15, 0.2) is 36.5 Å². The van der Waals surface area contributed by atoms with Gasteiger partial charge < -0.3 is 4.74 Å². The molecule has 1 heterocycles. The number of rotatable bonds is 4. The van der Waals surface area contributed by atoms with Gasteiger partial charge in [-0.1, -0.05) is 0 Å². The summed E-state index contributed by atoms with van der Waals surface area (Å²) >= 11 is 0. The molecule has 0 amide bonds. The Balaban J connectivity index is 2.40. The lowest BCUT2D eigenvalue weighted by Gasteiger charge is -2.08. The molecule has 0 aliphatic heterocycles. The first-order chi connectivity index (χ1) is 9.49. The minimum Gasteiger partial charge on any atom is -0.455 e. The molecule has 6 nitrogen and oxygen atoms in total. The van der Waals surface area contributed by atoms with Crippen molar-refractivity contribution >= 4 is 11.5 Å². The molecule has 0 radical (unpaired) electrons. The van der Waals surface area contributed by atoms with Crippen molar-refractivity contribution in [1.82, 2.24) is 4.98 Å². The van der Waals surface area contributed by atoms with Crippen LogP contribution in [0.1, 0.15) is 23.0 Å². The molecular formula is C14H12N2O4. The smallest absolute Gasteiger partial charge is 0.280 e. The second-order valence-corrected chi connectivity index (χ2v) is 4.18. The summed E-state index contributed by atoms with van der Waals surface area (Å²) in [6.07, 6.45) is 1.64. The van der Waals surface area contributed by atoms with Gasteiger partial charge in [-0.25, -0.2) is 0 Å². The second kappa shape index (κ2) is 5.48. The van der Waals surface area contributed by atoms with Crippen molar-refractivity contribution in [3.8, 4) is 11.5 Å². The van der Waals surface area contributed by atoms with Gasteiger partial charge in [0.25, 0.3) is 5.69 Å². The molecule has 1 aromatic carbocycles. The van der Waals surface area contributed by atoms with E-state index in [-0.39, 0.29) is 17.0 Å². The van der Waals surface area contributed by atoms with Crippen LogP contribution in [0.2, 0.25) is 0 Å². The molecule has 0 saturated carbocycles. The first-order valence-corrected chi connectivity index (χ1v) is 5.88. The van der Waals surface area contributed by atoms with Gasteiger partial charge >= 0.3 is 0 Å². The summed E-state index contributed by atoms with van der Waals surface area (Å²) in [6.45, 7) is 3.06. The average molecular weight is 272 g/mol. The highest BCUT2D eigenvalue weighted by Crippen LogP contribution is 2.28. The molecule has 2 rings (SSSR count). The monoisotopic (exact) mass is 272 g/mol. The highest BCUT2D eigenvalue weighted by atomic mass is 16.6. The Bertz CT molecular complexity index is 683. The zero-order valence-electron chi connectivity index (χ0n) is 11.0. The highest BCUT2D eigenvalue weighted by molar-refractivity contribution is 5.98. The van der Waals surface area contributed by atoms with Crippen LogP contribution < -0.4 is 4.74 Å². The van der Waals surface area contributed by atoms with E-state index in [9.17, 15) is 14.9 Å². The van der Waals surface area contributed by atoms with Gasteiger partial charge in [-0.3, -0.25) is 19.9 Å². The van der Waals surface area contributed by atoms with Gasteiger partial charge in [-0.2, -0.15) is 0 Å². The Kier molecular flexibility index (Phi) is 3.74. The maximum absolute atomic E-state index is 11.5. The number of hydrogen-bond acceptors (Lipinski definition) is 5. The van der Waals surface area contributed by atoms with E-state index in [1.165, 1.54) is 25.1 Å². The Morgan fingerprint density at radius 2 is 2.10 bits per heavy atom. The quantitative estimate of drug-likeness (QED) is 0.484. The maximum Gasteiger partial charge on any atom is 0.280 e. The Hall–Kier alpha value is -2.76. The number of nitrogens with zero attached hydrogens (tertiary/aromatic N) is 2. The second-order valence-electron chi connectivity index (χ2n) is 4.18. The van der Waals surface area contributed by atoms with Crippen molar-refractivity contribution in [2.75, 3.05) is 0 Å². The standard InChI is InChI=1S/C14H12N2O4/c1-9-14(4-3-7-15-9)20-11-5-6-13(16(18)19)12(8-11)10(2)17/h3-8H,1-2H3. The Morgan fingerprint density at radius 3 is 2.70 bits per heavy atom. The van der Waals surface area contributed by atoms with Crippen molar-refractivity contribution in [2.45, 2.75) is 13.8 Å². The summed E-state index contributed by atoms with van der Waals surface area (Å²) in [5.41, 5.74) is 0.483. The van der Waals surface area contributed by atoms with Gasteiger partial charge in [0.1, 0.15) is 11.5 Å². The van der Waals surface area contributed by atoms with Crippen LogP contribution in [0.4, 0.5) is 5.69 Å². The number of aryl methyl sites for hydroxylation is 1. The van der Waals surface area contributed by atoms with E-state index in [4.69, 9.17) is 4.74 Å². The molecule has 102 valence electrons. The molecule has 0 N–H and O–H groups in total. The van der Waals surface area contributed by atoms with E-state index in [0.29, 0.717) is 17.2 Å². The highest BCUT2D eigenvalue weighted by Gasteiger charge is 2.18. The van der Waals surface area contributed by atoms with Gasteiger partial charge in [-0.05, 0) is 38.1 Å². The van der Waals surface area contributed by atoms with E-state index < -0.39 is 4.92 Å². The van der Waals surface area contributed by atoms with Crippen molar-refractivity contribution in [3.63, 3.8) is 0 Å². The third kappa shape index (κ3) is 2.80. The Labute approximate surface area is 115 Å². The zero-order valence-corrected chi connectivity index (χ0v) is 11.0. The molecule has 0 unspecified atom stereocenters. The summed E-state index contributed by atoms with van der Waals surface area (Å²) in [7, 11) is 0. The number of aromatic nitrogens is 1. The van der Waals surface area contributed by atoms with Gasteiger partial charge in [0.2, 0.25) is 0 Å². The number of nitro groups is 1. The number of pyridine rings is 1. The molecular weight excluding hydrogens is 260 g/mol. The van der Waals surface area contributed by atoms with Crippen LogP contribution in [0.3, 0.4) is 0 Å². The van der Waals surface area contributed by atoms with Crippen LogP contribution >= 0.6 is 0 Å². The summed E-state index contributed by atoms with van der Waals surface area (Å²) < 4.78 is 5.60. The first-order valence-electron chi connectivity index (χ1n) is 5.88. The normalized spacial score (nSPS) is 10.1. The lowest BCUT2D eigenvalue weighted by molar-refractivity contribution is -0.385. The zero-order chi connectivity index (χ0) is 14.7. The minimum absolute atomic E-state index is 0.0223. The number of ether oxygens (including phenoxy) is 1. The maximum atomic E-state index is 11.5. The first kappa shape index (κ1) is 13.7. The average Bonchev–Trinajstić information content (AvgIpc) is 2.41. The van der Waals surface area contributed by atoms with Crippen LogP contribution in [0.5, 0.6) is 11.5 Å². The van der Waals surface area contributed by atoms with Crippen molar-refractivity contribution in [3.05, 3.63) is 57.9 Å². The molecule has 0 aliphatic rings. The van der Waals surface area contributed by atoms with Crippen LogP contribution in [0, 0.1) is 17.0 Å². The minimum atomic E-state index is -0.587. The predicted molar refractivity (Wildman–Crippen MR) is 72.1 cm³/mol. The molecule has 2 aromatic rings. The molecule has 0 fully saturated rings. The van der Waals surface area contributed by atoms with Crippen LogP contribution in [-0.2, 0) is 0 Å². The molecule has 0 spiro atoms. The number of Topliss-reactive ketones (excluding diaryl/α,β-unsaturated/α-hetero) is 1. The molecule has 0 bridgehead atoms. The van der Waals surface area contributed by atoms with Gasteiger partial charge in [-0.15, -0.1) is 0 Å². The number of benzene rings is 1. The van der Waals surface area contributed by atoms with E-state index in [1.807, 2.05) is 0 Å². The van der Waals surface area contributed by atoms with Crippen LogP contribution in [-0.4, -0.2) is 15.7 Å². The van der Waals surface area contributed by atoms with E-state index in [1.54, 1.807) is 25.3 Å².